The fourth-order valence-corrected chi connectivity index (χ4v) is 3.32. The van der Waals surface area contributed by atoms with E-state index in [2.05, 4.69) is 4.74 Å². The summed E-state index contributed by atoms with van der Waals surface area (Å²) >= 11 is 0. The average molecular weight is 301 g/mol. The molecule has 1 N–H and O–H groups in total. The van der Waals surface area contributed by atoms with Crippen molar-refractivity contribution in [3.05, 3.63) is 23.8 Å². The summed E-state index contributed by atoms with van der Waals surface area (Å²) in [4.78, 5) is 11.4. The minimum atomic E-state index is -3.71. The predicted molar refractivity (Wildman–Crippen MR) is 69.0 cm³/mol. The minimum Gasteiger partial charge on any atom is -0.507 e. The first-order valence-corrected chi connectivity index (χ1v) is 7.40. The Labute approximate surface area is 116 Å². The van der Waals surface area contributed by atoms with Crippen molar-refractivity contribution < 1.29 is 27.8 Å². The summed E-state index contributed by atoms with van der Waals surface area (Å²) in [7, 11) is -2.55. The van der Waals surface area contributed by atoms with Gasteiger partial charge in [-0.05, 0) is 18.2 Å². The number of hydrogen-bond donors (Lipinski definition) is 1. The summed E-state index contributed by atoms with van der Waals surface area (Å²) in [6.07, 6.45) is 0. The van der Waals surface area contributed by atoms with Gasteiger partial charge in [-0.3, -0.25) is 0 Å². The standard InChI is InChI=1S/C12H15NO6S/c1-18-12(15)10-8-9(2-3-11(10)14)20(16,17)13-4-6-19-7-5-13/h2-3,8,14H,4-7H2,1H3. The van der Waals surface area contributed by atoms with Crippen molar-refractivity contribution in [3.63, 3.8) is 0 Å². The zero-order valence-corrected chi connectivity index (χ0v) is 11.7. The van der Waals surface area contributed by atoms with Crippen LogP contribution in [0.4, 0.5) is 0 Å². The third-order valence-electron chi connectivity index (χ3n) is 2.98. The Morgan fingerprint density at radius 2 is 2.00 bits per heavy atom. The Morgan fingerprint density at radius 3 is 2.60 bits per heavy atom. The van der Waals surface area contributed by atoms with Crippen molar-refractivity contribution in [2.75, 3.05) is 33.4 Å². The van der Waals surface area contributed by atoms with Crippen LogP contribution in [0.15, 0.2) is 23.1 Å². The van der Waals surface area contributed by atoms with Gasteiger partial charge in [0, 0.05) is 13.1 Å². The normalized spacial score (nSPS) is 16.9. The summed E-state index contributed by atoms with van der Waals surface area (Å²) in [5.41, 5.74) is -0.179. The number of aromatic hydroxyl groups is 1. The maximum Gasteiger partial charge on any atom is 0.341 e. The van der Waals surface area contributed by atoms with E-state index < -0.39 is 16.0 Å². The van der Waals surface area contributed by atoms with Gasteiger partial charge in [-0.15, -0.1) is 0 Å². The van der Waals surface area contributed by atoms with Gasteiger partial charge in [0.1, 0.15) is 11.3 Å². The second-order valence-corrected chi connectivity index (χ2v) is 6.12. The van der Waals surface area contributed by atoms with Gasteiger partial charge >= 0.3 is 5.97 Å². The van der Waals surface area contributed by atoms with Gasteiger partial charge in [0.15, 0.2) is 0 Å². The number of morpholine rings is 1. The van der Waals surface area contributed by atoms with Gasteiger partial charge in [0.2, 0.25) is 10.0 Å². The number of methoxy groups -OCH3 is 1. The van der Waals surface area contributed by atoms with Gasteiger partial charge in [0.05, 0.1) is 25.2 Å². The molecule has 8 heteroatoms. The molecule has 1 aliphatic rings. The maximum absolute atomic E-state index is 12.4. The van der Waals surface area contributed by atoms with Crippen molar-refractivity contribution in [1.82, 2.24) is 4.31 Å². The average Bonchev–Trinajstić information content (AvgIpc) is 2.47. The number of hydrogen-bond acceptors (Lipinski definition) is 6. The van der Waals surface area contributed by atoms with Gasteiger partial charge in [-0.2, -0.15) is 4.31 Å². The predicted octanol–water partition coefficient (Wildman–Crippen LogP) is 0.200. The number of rotatable bonds is 3. The number of benzene rings is 1. The Bertz CT molecular complexity index is 606. The number of carbonyl (C=O) groups is 1. The van der Waals surface area contributed by atoms with Crippen molar-refractivity contribution in [2.45, 2.75) is 4.90 Å². The SMILES string of the molecule is COC(=O)c1cc(S(=O)(=O)N2CCOCC2)ccc1O. The molecule has 0 bridgehead atoms. The third kappa shape index (κ3) is 2.77. The van der Waals surface area contributed by atoms with Crippen molar-refractivity contribution in [2.24, 2.45) is 0 Å². The number of phenolic OH excluding ortho intramolecular Hbond substituents is 1. The first-order valence-electron chi connectivity index (χ1n) is 5.96. The first-order chi connectivity index (χ1) is 9.46. The Balaban J connectivity index is 2.39. The second kappa shape index (κ2) is 5.78. The lowest BCUT2D eigenvalue weighted by Gasteiger charge is -2.26. The Morgan fingerprint density at radius 1 is 1.35 bits per heavy atom. The van der Waals surface area contributed by atoms with Crippen LogP contribution in [0.2, 0.25) is 0 Å². The molecule has 0 amide bonds. The van der Waals surface area contributed by atoms with Crippen LogP contribution in [-0.4, -0.2) is 57.2 Å². The number of nitrogens with zero attached hydrogens (tertiary/aromatic N) is 1. The summed E-state index contributed by atoms with van der Waals surface area (Å²) < 4.78 is 35.7. The summed E-state index contributed by atoms with van der Waals surface area (Å²) in [6.45, 7) is 1.19. The van der Waals surface area contributed by atoms with Crippen molar-refractivity contribution in [3.8, 4) is 5.75 Å². The first kappa shape index (κ1) is 14.8. The van der Waals surface area contributed by atoms with E-state index in [1.54, 1.807) is 0 Å². The lowest BCUT2D eigenvalue weighted by atomic mass is 10.2. The van der Waals surface area contributed by atoms with Gasteiger partial charge in [0.25, 0.3) is 0 Å². The van der Waals surface area contributed by atoms with E-state index in [1.165, 1.54) is 16.4 Å². The monoisotopic (exact) mass is 301 g/mol. The molecule has 1 heterocycles. The van der Waals surface area contributed by atoms with Crippen LogP contribution in [0, 0.1) is 0 Å². The number of carbonyl (C=O) groups excluding carboxylic acids is 1. The van der Waals surface area contributed by atoms with Crippen LogP contribution >= 0.6 is 0 Å². The number of ether oxygens (including phenoxy) is 2. The number of esters is 1. The van der Waals surface area contributed by atoms with Crippen LogP contribution in [-0.2, 0) is 19.5 Å². The highest BCUT2D eigenvalue weighted by Crippen LogP contribution is 2.24. The van der Waals surface area contributed by atoms with E-state index in [-0.39, 0.29) is 29.3 Å². The molecule has 110 valence electrons. The molecule has 0 atom stereocenters. The van der Waals surface area contributed by atoms with Gasteiger partial charge < -0.3 is 14.6 Å². The quantitative estimate of drug-likeness (QED) is 0.802. The highest BCUT2D eigenvalue weighted by molar-refractivity contribution is 7.89. The molecule has 0 unspecified atom stereocenters. The smallest absolute Gasteiger partial charge is 0.341 e. The van der Waals surface area contributed by atoms with E-state index >= 15 is 0 Å². The molecule has 0 spiro atoms. The van der Waals surface area contributed by atoms with Crippen molar-refractivity contribution >= 4 is 16.0 Å². The van der Waals surface area contributed by atoms with E-state index in [9.17, 15) is 18.3 Å². The summed E-state index contributed by atoms with van der Waals surface area (Å²) in [5.74, 6) is -1.11. The zero-order chi connectivity index (χ0) is 14.8. The molecule has 1 aromatic rings. The van der Waals surface area contributed by atoms with Crippen LogP contribution in [0.5, 0.6) is 5.75 Å². The second-order valence-electron chi connectivity index (χ2n) is 4.19. The molecule has 1 fully saturated rings. The summed E-state index contributed by atoms with van der Waals surface area (Å²) in [5, 5.41) is 9.58. The largest absolute Gasteiger partial charge is 0.507 e. The Hall–Kier alpha value is -1.64. The van der Waals surface area contributed by atoms with E-state index in [0.717, 1.165) is 13.2 Å². The minimum absolute atomic E-state index is 0.0578. The van der Waals surface area contributed by atoms with E-state index in [1.807, 2.05) is 0 Å². The zero-order valence-electron chi connectivity index (χ0n) is 10.9. The van der Waals surface area contributed by atoms with Gasteiger partial charge in [-0.1, -0.05) is 0 Å². The Kier molecular flexibility index (Phi) is 4.26. The van der Waals surface area contributed by atoms with Crippen molar-refractivity contribution in [1.29, 1.82) is 0 Å². The van der Waals surface area contributed by atoms with Crippen LogP contribution in [0.1, 0.15) is 10.4 Å². The third-order valence-corrected chi connectivity index (χ3v) is 4.88. The molecule has 20 heavy (non-hydrogen) atoms. The lowest BCUT2D eigenvalue weighted by molar-refractivity contribution is 0.0597. The molecule has 2 rings (SSSR count). The molecule has 0 radical (unpaired) electrons. The molecule has 1 aliphatic heterocycles. The van der Waals surface area contributed by atoms with Crippen LogP contribution in [0.25, 0.3) is 0 Å². The maximum atomic E-state index is 12.4. The molecular weight excluding hydrogens is 286 g/mol. The molecular formula is C12H15NO6S. The molecule has 0 aliphatic carbocycles. The molecule has 1 aromatic carbocycles. The topological polar surface area (TPSA) is 93.1 Å². The molecule has 7 nitrogen and oxygen atoms in total. The van der Waals surface area contributed by atoms with Gasteiger partial charge in [-0.25, -0.2) is 13.2 Å². The molecule has 1 saturated heterocycles. The number of sulfonamides is 1. The highest BCUT2D eigenvalue weighted by atomic mass is 32.2. The van der Waals surface area contributed by atoms with Crippen LogP contribution in [0.3, 0.4) is 0 Å². The molecule has 0 aromatic heterocycles. The fourth-order valence-electron chi connectivity index (χ4n) is 1.89. The van der Waals surface area contributed by atoms with E-state index in [4.69, 9.17) is 4.74 Å². The lowest BCUT2D eigenvalue weighted by Crippen LogP contribution is -2.40. The fraction of sp³-hybridized carbons (Fsp3) is 0.417. The highest BCUT2D eigenvalue weighted by Gasteiger charge is 2.27. The number of phenols is 1. The summed E-state index contributed by atoms with van der Waals surface area (Å²) in [6, 6.07) is 3.54. The van der Waals surface area contributed by atoms with Crippen LogP contribution < -0.4 is 0 Å². The molecule has 0 saturated carbocycles. The van der Waals surface area contributed by atoms with E-state index in [0.29, 0.717) is 13.2 Å².